The molecule has 0 spiro atoms. The summed E-state index contributed by atoms with van der Waals surface area (Å²) in [5, 5.41) is 6.10. The minimum Gasteiger partial charge on any atom is -0.372 e. The second-order valence-corrected chi connectivity index (χ2v) is 5.01. The lowest BCUT2D eigenvalue weighted by molar-refractivity contribution is -0.112. The Morgan fingerprint density at radius 3 is 2.25 bits per heavy atom. The van der Waals surface area contributed by atoms with Crippen molar-refractivity contribution in [3.8, 4) is 0 Å². The molecule has 20 heavy (non-hydrogen) atoms. The molecule has 0 bridgehead atoms. The molecule has 2 rings (SSSR count). The van der Waals surface area contributed by atoms with Crippen molar-refractivity contribution < 1.29 is 4.79 Å². The second-order valence-electron chi connectivity index (χ2n) is 5.01. The number of anilines is 2. The third-order valence-electron chi connectivity index (χ3n) is 3.80. The number of benzene rings is 1. The molecule has 1 amide bonds. The van der Waals surface area contributed by atoms with Crippen molar-refractivity contribution in [3.63, 3.8) is 0 Å². The van der Waals surface area contributed by atoms with Gasteiger partial charge in [0.15, 0.2) is 0 Å². The minimum absolute atomic E-state index is 0.00270. The highest BCUT2D eigenvalue weighted by molar-refractivity contribution is 6.04. The fraction of sp³-hybridized carbons (Fsp3) is 0.438. The summed E-state index contributed by atoms with van der Waals surface area (Å²) in [4.78, 5) is 14.3. The molecule has 4 nitrogen and oxygen atoms in total. The van der Waals surface area contributed by atoms with Gasteiger partial charge in [0.1, 0.15) is 0 Å². The largest absolute Gasteiger partial charge is 0.372 e. The van der Waals surface area contributed by atoms with Gasteiger partial charge in [-0.2, -0.15) is 0 Å². The molecule has 0 unspecified atom stereocenters. The van der Waals surface area contributed by atoms with Crippen LogP contribution in [0.3, 0.4) is 0 Å². The van der Waals surface area contributed by atoms with Crippen LogP contribution >= 0.6 is 0 Å². The van der Waals surface area contributed by atoms with Crippen molar-refractivity contribution in [2.75, 3.05) is 36.4 Å². The molecule has 1 aromatic carbocycles. The molecular formula is C16H23N3O. The highest BCUT2D eigenvalue weighted by Gasteiger charge is 2.16. The summed E-state index contributed by atoms with van der Waals surface area (Å²) in [6.07, 6.45) is 0. The van der Waals surface area contributed by atoms with Gasteiger partial charge in [-0.3, -0.25) is 4.79 Å². The number of amides is 1. The van der Waals surface area contributed by atoms with Gasteiger partial charge in [0.2, 0.25) is 0 Å². The van der Waals surface area contributed by atoms with Crippen LogP contribution in [0.15, 0.2) is 35.4 Å². The van der Waals surface area contributed by atoms with E-state index in [1.54, 1.807) is 0 Å². The molecule has 0 radical (unpaired) electrons. The molecule has 0 atom stereocenters. The summed E-state index contributed by atoms with van der Waals surface area (Å²) in [6, 6.07) is 8.02. The van der Waals surface area contributed by atoms with Gasteiger partial charge in [-0.15, -0.1) is 0 Å². The van der Waals surface area contributed by atoms with E-state index in [0.717, 1.165) is 37.4 Å². The van der Waals surface area contributed by atoms with Crippen LogP contribution in [0.4, 0.5) is 11.4 Å². The van der Waals surface area contributed by atoms with Gasteiger partial charge in [-0.1, -0.05) is 0 Å². The van der Waals surface area contributed by atoms with E-state index in [9.17, 15) is 4.79 Å². The molecule has 0 aliphatic carbocycles. The zero-order chi connectivity index (χ0) is 14.5. The first-order valence-electron chi connectivity index (χ1n) is 7.21. The van der Waals surface area contributed by atoms with Gasteiger partial charge in [-0.05, 0) is 50.6 Å². The maximum Gasteiger partial charge on any atom is 0.251 e. The molecule has 1 fully saturated rings. The molecule has 108 valence electrons. The first kappa shape index (κ1) is 14.6. The lowest BCUT2D eigenvalue weighted by Gasteiger charge is -2.22. The molecule has 4 heteroatoms. The van der Waals surface area contributed by atoms with E-state index < -0.39 is 0 Å². The second kappa shape index (κ2) is 6.57. The summed E-state index contributed by atoms with van der Waals surface area (Å²) in [5.74, 6) is -0.00270. The topological polar surface area (TPSA) is 44.4 Å². The molecule has 1 aliphatic heterocycles. The molecule has 1 saturated heterocycles. The maximum absolute atomic E-state index is 12.1. The summed E-state index contributed by atoms with van der Waals surface area (Å²) >= 11 is 0. The Bertz CT molecular complexity index is 495. The van der Waals surface area contributed by atoms with E-state index in [2.05, 4.69) is 41.5 Å². The van der Waals surface area contributed by atoms with E-state index in [1.165, 1.54) is 11.3 Å². The summed E-state index contributed by atoms with van der Waals surface area (Å²) < 4.78 is 0. The van der Waals surface area contributed by atoms with Crippen LogP contribution in [0.1, 0.15) is 20.8 Å². The smallest absolute Gasteiger partial charge is 0.251 e. The van der Waals surface area contributed by atoms with Crippen molar-refractivity contribution in [3.05, 3.63) is 35.4 Å². The predicted octanol–water partition coefficient (Wildman–Crippen LogP) is 2.39. The van der Waals surface area contributed by atoms with Gasteiger partial charge in [0.05, 0.1) is 0 Å². The Hall–Kier alpha value is -1.81. The van der Waals surface area contributed by atoms with Crippen LogP contribution in [-0.2, 0) is 4.79 Å². The molecule has 1 aromatic rings. The molecule has 2 N–H and O–H groups in total. The number of nitrogens with zero attached hydrogens (tertiary/aromatic N) is 1. The quantitative estimate of drug-likeness (QED) is 0.810. The van der Waals surface area contributed by atoms with Gasteiger partial charge in [0, 0.05) is 43.1 Å². The zero-order valence-corrected chi connectivity index (χ0v) is 12.5. The van der Waals surface area contributed by atoms with Crippen LogP contribution in [0.25, 0.3) is 0 Å². The van der Waals surface area contributed by atoms with Crippen LogP contribution < -0.4 is 15.5 Å². The van der Waals surface area contributed by atoms with Crippen molar-refractivity contribution in [1.29, 1.82) is 0 Å². The Balaban J connectivity index is 2.02. The average Bonchev–Trinajstić information content (AvgIpc) is 2.40. The fourth-order valence-electron chi connectivity index (χ4n) is 2.24. The normalized spacial score (nSPS) is 13.7. The number of hydrogen-bond acceptors (Lipinski definition) is 3. The number of rotatable bonds is 5. The average molecular weight is 273 g/mol. The molecule has 1 aliphatic rings. The van der Waals surface area contributed by atoms with E-state index in [0.29, 0.717) is 0 Å². The molecule has 0 saturated carbocycles. The maximum atomic E-state index is 12.1. The molecule has 0 aromatic heterocycles. The van der Waals surface area contributed by atoms with Crippen molar-refractivity contribution >= 4 is 17.3 Å². The zero-order valence-electron chi connectivity index (χ0n) is 12.5. The van der Waals surface area contributed by atoms with Crippen LogP contribution in [0.2, 0.25) is 0 Å². The van der Waals surface area contributed by atoms with E-state index in [4.69, 9.17) is 0 Å². The Morgan fingerprint density at radius 1 is 1.20 bits per heavy atom. The third kappa shape index (κ3) is 3.20. The highest BCUT2D eigenvalue weighted by Crippen LogP contribution is 2.19. The summed E-state index contributed by atoms with van der Waals surface area (Å²) in [6.45, 7) is 9.81. The van der Waals surface area contributed by atoms with Gasteiger partial charge >= 0.3 is 0 Å². The van der Waals surface area contributed by atoms with Crippen LogP contribution in [0.5, 0.6) is 0 Å². The van der Waals surface area contributed by atoms with Gasteiger partial charge in [-0.25, -0.2) is 0 Å². The number of carbonyl (C=O) groups is 1. The lowest BCUT2D eigenvalue weighted by Crippen LogP contribution is -2.36. The fourth-order valence-corrected chi connectivity index (χ4v) is 2.24. The minimum atomic E-state index is -0.00270. The van der Waals surface area contributed by atoms with Crippen molar-refractivity contribution in [2.45, 2.75) is 20.8 Å². The van der Waals surface area contributed by atoms with Crippen LogP contribution in [-0.4, -0.2) is 32.1 Å². The van der Waals surface area contributed by atoms with Crippen molar-refractivity contribution in [2.24, 2.45) is 0 Å². The van der Waals surface area contributed by atoms with E-state index >= 15 is 0 Å². The SMILES string of the molecule is CCN(CC)c1ccc(NC(=O)C(C)=C2CNC2)cc1. The molecular weight excluding hydrogens is 250 g/mol. The van der Waals surface area contributed by atoms with Crippen molar-refractivity contribution in [1.82, 2.24) is 5.32 Å². The Kier molecular flexibility index (Phi) is 4.79. The van der Waals surface area contributed by atoms with Gasteiger partial charge in [0.25, 0.3) is 5.91 Å². The van der Waals surface area contributed by atoms with Crippen LogP contribution in [0, 0.1) is 0 Å². The Morgan fingerprint density at radius 2 is 1.80 bits per heavy atom. The number of carbonyl (C=O) groups excluding carboxylic acids is 1. The number of hydrogen-bond donors (Lipinski definition) is 2. The lowest BCUT2D eigenvalue weighted by atomic mass is 10.0. The first-order chi connectivity index (χ1) is 9.65. The summed E-state index contributed by atoms with van der Waals surface area (Å²) in [5.41, 5.74) is 4.06. The highest BCUT2D eigenvalue weighted by atomic mass is 16.1. The predicted molar refractivity (Wildman–Crippen MR) is 84.2 cm³/mol. The third-order valence-corrected chi connectivity index (χ3v) is 3.80. The van der Waals surface area contributed by atoms with E-state index in [-0.39, 0.29) is 5.91 Å². The van der Waals surface area contributed by atoms with Gasteiger partial charge < -0.3 is 15.5 Å². The number of nitrogens with one attached hydrogen (secondary N) is 2. The monoisotopic (exact) mass is 273 g/mol. The summed E-state index contributed by atoms with van der Waals surface area (Å²) in [7, 11) is 0. The first-order valence-corrected chi connectivity index (χ1v) is 7.21. The Labute approximate surface area is 120 Å². The standard InChI is InChI=1S/C16H23N3O/c1-4-19(5-2)15-8-6-14(7-9-15)18-16(20)12(3)13-10-17-11-13/h6-9,17H,4-5,10-11H2,1-3H3,(H,18,20). The van der Waals surface area contributed by atoms with E-state index in [1.807, 2.05) is 19.1 Å². The molecule has 1 heterocycles.